The van der Waals surface area contributed by atoms with Gasteiger partial charge >= 0.3 is 0 Å². The second-order valence-corrected chi connectivity index (χ2v) is 5.07. The number of hydrogen-bond donors (Lipinski definition) is 1. The van der Waals surface area contributed by atoms with Gasteiger partial charge in [-0.05, 0) is 45.4 Å². The largest absolute Gasteiger partial charge is 0.390 e. The van der Waals surface area contributed by atoms with Crippen LogP contribution in [0.5, 0.6) is 0 Å². The van der Waals surface area contributed by atoms with E-state index in [1.165, 1.54) is 18.4 Å². The third-order valence-electron chi connectivity index (χ3n) is 3.54. The Labute approximate surface area is 88.2 Å². The molecular weight excluding hydrogens is 172 g/mol. The predicted octanol–water partition coefficient (Wildman–Crippen LogP) is 3.67. The van der Waals surface area contributed by atoms with E-state index >= 15 is 0 Å². The Kier molecular flexibility index (Phi) is 4.18. The summed E-state index contributed by atoms with van der Waals surface area (Å²) in [5.41, 5.74) is 1.05. The van der Waals surface area contributed by atoms with Crippen molar-refractivity contribution < 1.29 is 5.11 Å². The summed E-state index contributed by atoms with van der Waals surface area (Å²) in [6.45, 7) is 6.47. The molecule has 14 heavy (non-hydrogen) atoms. The molecule has 0 aliphatic heterocycles. The van der Waals surface area contributed by atoms with E-state index in [2.05, 4.69) is 26.8 Å². The minimum atomic E-state index is -0.338. The van der Waals surface area contributed by atoms with Gasteiger partial charge in [0.15, 0.2) is 0 Å². The summed E-state index contributed by atoms with van der Waals surface area (Å²) >= 11 is 0. The average molecular weight is 196 g/mol. The fraction of sp³-hybridized carbons (Fsp3) is 0.846. The van der Waals surface area contributed by atoms with Crippen LogP contribution in [0.1, 0.15) is 59.3 Å². The van der Waals surface area contributed by atoms with Crippen molar-refractivity contribution in [3.8, 4) is 0 Å². The van der Waals surface area contributed by atoms with Crippen molar-refractivity contribution >= 4 is 0 Å². The lowest BCUT2D eigenvalue weighted by molar-refractivity contribution is -0.00794. The summed E-state index contributed by atoms with van der Waals surface area (Å²) in [7, 11) is 0. The van der Waals surface area contributed by atoms with Gasteiger partial charge in [-0.3, -0.25) is 0 Å². The summed E-state index contributed by atoms with van der Waals surface area (Å²) in [5.74, 6) is 0.459. The maximum atomic E-state index is 10.3. The smallest absolute Gasteiger partial charge is 0.0673 e. The molecule has 1 aliphatic carbocycles. The molecule has 0 radical (unpaired) electrons. The lowest BCUT2D eigenvalue weighted by Gasteiger charge is -2.29. The van der Waals surface area contributed by atoms with Crippen LogP contribution >= 0.6 is 0 Å². The predicted molar refractivity (Wildman–Crippen MR) is 61.2 cm³/mol. The first-order valence-electron chi connectivity index (χ1n) is 5.90. The minimum Gasteiger partial charge on any atom is -0.390 e. The van der Waals surface area contributed by atoms with E-state index in [1.807, 2.05) is 0 Å². The molecule has 1 rings (SSSR count). The molecule has 1 atom stereocenters. The summed E-state index contributed by atoms with van der Waals surface area (Å²) in [6, 6.07) is 0. The Balaban J connectivity index is 2.33. The van der Waals surface area contributed by atoms with Crippen molar-refractivity contribution in [1.29, 1.82) is 0 Å². The van der Waals surface area contributed by atoms with Crippen LogP contribution < -0.4 is 0 Å². The molecule has 1 N–H and O–H groups in total. The number of allylic oxidation sites excluding steroid dienone is 2. The van der Waals surface area contributed by atoms with Crippen LogP contribution in [0.15, 0.2) is 11.6 Å². The van der Waals surface area contributed by atoms with Gasteiger partial charge in [0, 0.05) is 0 Å². The fourth-order valence-corrected chi connectivity index (χ4v) is 2.37. The topological polar surface area (TPSA) is 20.2 Å². The van der Waals surface area contributed by atoms with E-state index in [1.54, 1.807) is 0 Å². The minimum absolute atomic E-state index is 0.338. The first kappa shape index (κ1) is 11.8. The standard InChI is InChI=1S/C13H24O/c1-11(2)7-6-8-12(3)13(14)9-4-5-10-13/h7,12,14H,4-6,8-10H2,1-3H3. The van der Waals surface area contributed by atoms with Crippen LogP contribution in [-0.4, -0.2) is 10.7 Å². The van der Waals surface area contributed by atoms with Crippen LogP contribution in [0, 0.1) is 5.92 Å². The molecule has 1 fully saturated rings. The van der Waals surface area contributed by atoms with Crippen LogP contribution in [0.4, 0.5) is 0 Å². The fourth-order valence-electron chi connectivity index (χ4n) is 2.37. The lowest BCUT2D eigenvalue weighted by Crippen LogP contribution is -2.32. The molecule has 1 unspecified atom stereocenters. The maximum absolute atomic E-state index is 10.3. The molecule has 0 aromatic carbocycles. The van der Waals surface area contributed by atoms with Crippen molar-refractivity contribution in [2.24, 2.45) is 5.92 Å². The van der Waals surface area contributed by atoms with Gasteiger partial charge in [0.05, 0.1) is 5.60 Å². The lowest BCUT2D eigenvalue weighted by atomic mass is 9.84. The first-order valence-corrected chi connectivity index (χ1v) is 5.90. The van der Waals surface area contributed by atoms with Gasteiger partial charge < -0.3 is 5.11 Å². The molecule has 0 heterocycles. The van der Waals surface area contributed by atoms with Crippen LogP contribution in [-0.2, 0) is 0 Å². The Bertz CT molecular complexity index is 195. The third-order valence-corrected chi connectivity index (χ3v) is 3.54. The SMILES string of the molecule is CC(C)=CCCC(C)C1(O)CCCC1. The van der Waals surface area contributed by atoms with E-state index in [9.17, 15) is 5.11 Å². The van der Waals surface area contributed by atoms with Gasteiger partial charge in [0.1, 0.15) is 0 Å². The van der Waals surface area contributed by atoms with Crippen molar-refractivity contribution in [3.63, 3.8) is 0 Å². The Hall–Kier alpha value is -0.300. The molecule has 82 valence electrons. The molecular formula is C13H24O. The molecule has 1 nitrogen and oxygen atoms in total. The molecule has 0 spiro atoms. The van der Waals surface area contributed by atoms with Crippen molar-refractivity contribution in [1.82, 2.24) is 0 Å². The number of rotatable bonds is 4. The highest BCUT2D eigenvalue weighted by Crippen LogP contribution is 2.37. The highest BCUT2D eigenvalue weighted by atomic mass is 16.3. The molecule has 1 aliphatic rings. The number of aliphatic hydroxyl groups is 1. The monoisotopic (exact) mass is 196 g/mol. The molecule has 0 aromatic rings. The maximum Gasteiger partial charge on any atom is 0.0673 e. The van der Waals surface area contributed by atoms with Gasteiger partial charge in [-0.2, -0.15) is 0 Å². The van der Waals surface area contributed by atoms with Crippen molar-refractivity contribution in [2.75, 3.05) is 0 Å². The molecule has 0 bridgehead atoms. The van der Waals surface area contributed by atoms with E-state index < -0.39 is 0 Å². The zero-order valence-corrected chi connectivity index (χ0v) is 9.84. The zero-order valence-electron chi connectivity index (χ0n) is 9.84. The van der Waals surface area contributed by atoms with E-state index in [4.69, 9.17) is 0 Å². The van der Waals surface area contributed by atoms with Gasteiger partial charge in [-0.15, -0.1) is 0 Å². The third kappa shape index (κ3) is 3.13. The normalized spacial score (nSPS) is 22.0. The summed E-state index contributed by atoms with van der Waals surface area (Å²) in [5, 5.41) is 10.3. The van der Waals surface area contributed by atoms with Gasteiger partial charge in [0.2, 0.25) is 0 Å². The molecule has 0 saturated heterocycles. The highest BCUT2D eigenvalue weighted by molar-refractivity contribution is 4.95. The van der Waals surface area contributed by atoms with Crippen LogP contribution in [0.2, 0.25) is 0 Å². The molecule has 0 aromatic heterocycles. The quantitative estimate of drug-likeness (QED) is 0.680. The summed E-state index contributed by atoms with van der Waals surface area (Å²) < 4.78 is 0. The van der Waals surface area contributed by atoms with Crippen molar-refractivity contribution in [2.45, 2.75) is 64.9 Å². The zero-order chi connectivity index (χ0) is 10.6. The molecule has 1 heteroatoms. The van der Waals surface area contributed by atoms with E-state index in [0.29, 0.717) is 5.92 Å². The molecule has 1 saturated carbocycles. The summed E-state index contributed by atoms with van der Waals surface area (Å²) in [4.78, 5) is 0. The van der Waals surface area contributed by atoms with Gasteiger partial charge in [0.25, 0.3) is 0 Å². The second-order valence-electron chi connectivity index (χ2n) is 5.07. The highest BCUT2D eigenvalue weighted by Gasteiger charge is 2.35. The first-order chi connectivity index (χ1) is 6.54. The Morgan fingerprint density at radius 1 is 1.36 bits per heavy atom. The average Bonchev–Trinajstić information content (AvgIpc) is 2.52. The van der Waals surface area contributed by atoms with Gasteiger partial charge in [-0.1, -0.05) is 31.4 Å². The number of hydrogen-bond acceptors (Lipinski definition) is 1. The second kappa shape index (κ2) is 4.97. The van der Waals surface area contributed by atoms with E-state index in [0.717, 1.165) is 25.7 Å². The summed E-state index contributed by atoms with van der Waals surface area (Å²) in [6.07, 6.45) is 8.97. The van der Waals surface area contributed by atoms with Crippen LogP contribution in [0.3, 0.4) is 0 Å². The van der Waals surface area contributed by atoms with E-state index in [-0.39, 0.29) is 5.60 Å². The molecule has 0 amide bonds. The Morgan fingerprint density at radius 3 is 2.43 bits per heavy atom. The Morgan fingerprint density at radius 2 is 1.93 bits per heavy atom. The van der Waals surface area contributed by atoms with Gasteiger partial charge in [-0.25, -0.2) is 0 Å². The van der Waals surface area contributed by atoms with Crippen molar-refractivity contribution in [3.05, 3.63) is 11.6 Å². The van der Waals surface area contributed by atoms with Crippen LogP contribution in [0.25, 0.3) is 0 Å².